The standard InChI is InChI=1S/C6H2ClF2IN2O4S/c7-17(15,16)5-2(10)1-3(12(13)14)11-4(5)6(8)9/h1,6H. The molecule has 0 aliphatic carbocycles. The number of nitrogens with zero attached hydrogens (tertiary/aromatic N) is 2. The first-order chi connectivity index (χ1) is 7.64. The van der Waals surface area contributed by atoms with Gasteiger partial charge in [0, 0.05) is 14.3 Å². The Morgan fingerprint density at radius 1 is 1.53 bits per heavy atom. The fourth-order valence-corrected chi connectivity index (χ4v) is 3.97. The molecule has 1 heterocycles. The molecule has 0 aromatic carbocycles. The van der Waals surface area contributed by atoms with Gasteiger partial charge >= 0.3 is 12.2 Å². The van der Waals surface area contributed by atoms with Gasteiger partial charge in [0.25, 0.3) is 9.05 Å². The molecule has 0 bridgehead atoms. The van der Waals surface area contributed by atoms with Crippen LogP contribution in [0.15, 0.2) is 11.0 Å². The van der Waals surface area contributed by atoms with Gasteiger partial charge in [0.05, 0.1) is 6.07 Å². The van der Waals surface area contributed by atoms with E-state index in [1.165, 1.54) is 22.6 Å². The van der Waals surface area contributed by atoms with Gasteiger partial charge in [-0.2, -0.15) is 0 Å². The normalized spacial score (nSPS) is 11.8. The predicted molar refractivity (Wildman–Crippen MR) is 61.6 cm³/mol. The molecule has 0 aliphatic rings. The van der Waals surface area contributed by atoms with Gasteiger partial charge in [0.15, 0.2) is 0 Å². The molecule has 1 aromatic heterocycles. The van der Waals surface area contributed by atoms with Gasteiger partial charge in [-0.1, -0.05) is 0 Å². The Hall–Kier alpha value is -0.620. The summed E-state index contributed by atoms with van der Waals surface area (Å²) in [4.78, 5) is 11.5. The summed E-state index contributed by atoms with van der Waals surface area (Å²) in [6, 6.07) is 0.752. The van der Waals surface area contributed by atoms with Crippen molar-refractivity contribution in [2.75, 3.05) is 0 Å². The first-order valence-corrected chi connectivity index (χ1v) is 7.11. The van der Waals surface area contributed by atoms with E-state index >= 15 is 0 Å². The van der Waals surface area contributed by atoms with Gasteiger partial charge in [0.1, 0.15) is 4.90 Å². The molecule has 1 rings (SSSR count). The van der Waals surface area contributed by atoms with Gasteiger partial charge < -0.3 is 10.1 Å². The Labute approximate surface area is 112 Å². The molecule has 0 spiro atoms. The zero-order valence-electron chi connectivity index (χ0n) is 7.60. The lowest BCUT2D eigenvalue weighted by Gasteiger charge is -2.04. The molecular weight excluding hydrogens is 396 g/mol. The van der Waals surface area contributed by atoms with Gasteiger partial charge in [-0.3, -0.25) is 0 Å². The van der Waals surface area contributed by atoms with E-state index in [1.54, 1.807) is 0 Å². The van der Waals surface area contributed by atoms with E-state index in [2.05, 4.69) is 4.98 Å². The highest BCUT2D eigenvalue weighted by Gasteiger charge is 2.33. The molecule has 94 valence electrons. The molecule has 1 aromatic rings. The minimum absolute atomic E-state index is 0.283. The molecule has 0 fully saturated rings. The van der Waals surface area contributed by atoms with Crippen molar-refractivity contribution in [1.82, 2.24) is 4.98 Å². The van der Waals surface area contributed by atoms with Crippen molar-refractivity contribution in [3.63, 3.8) is 0 Å². The first kappa shape index (κ1) is 14.4. The van der Waals surface area contributed by atoms with Gasteiger partial charge in [-0.15, -0.1) is 0 Å². The Balaban J connectivity index is 3.67. The summed E-state index contributed by atoms with van der Waals surface area (Å²) < 4.78 is 47.0. The number of hydrogen-bond donors (Lipinski definition) is 0. The Morgan fingerprint density at radius 2 is 2.06 bits per heavy atom. The Kier molecular flexibility index (Phi) is 4.19. The smallest absolute Gasteiger partial charge is 0.358 e. The second-order valence-corrected chi connectivity index (χ2v) is 6.34. The topological polar surface area (TPSA) is 90.2 Å². The summed E-state index contributed by atoms with van der Waals surface area (Å²) in [5.74, 6) is -0.867. The lowest BCUT2D eigenvalue weighted by molar-refractivity contribution is -0.389. The second-order valence-electron chi connectivity index (χ2n) is 2.67. The average molecular weight is 399 g/mol. The third kappa shape index (κ3) is 3.19. The maximum absolute atomic E-state index is 12.6. The largest absolute Gasteiger partial charge is 0.365 e. The fourth-order valence-electron chi connectivity index (χ4n) is 0.990. The number of alkyl halides is 2. The molecule has 0 amide bonds. The third-order valence-corrected chi connectivity index (χ3v) is 4.17. The van der Waals surface area contributed by atoms with Crippen LogP contribution in [0.2, 0.25) is 0 Å². The van der Waals surface area contributed by atoms with E-state index in [4.69, 9.17) is 10.7 Å². The minimum Gasteiger partial charge on any atom is -0.358 e. The number of pyridine rings is 1. The molecule has 0 atom stereocenters. The van der Waals surface area contributed by atoms with E-state index in [0.717, 1.165) is 6.07 Å². The van der Waals surface area contributed by atoms with Crippen LogP contribution in [-0.4, -0.2) is 18.3 Å². The number of halogens is 4. The van der Waals surface area contributed by atoms with Gasteiger partial charge in [-0.05, 0) is 32.5 Å². The van der Waals surface area contributed by atoms with E-state index < -0.39 is 36.8 Å². The molecule has 17 heavy (non-hydrogen) atoms. The monoisotopic (exact) mass is 398 g/mol. The van der Waals surface area contributed by atoms with Crippen LogP contribution in [0.4, 0.5) is 14.6 Å². The lowest BCUT2D eigenvalue weighted by Crippen LogP contribution is -2.07. The summed E-state index contributed by atoms with van der Waals surface area (Å²) in [6.07, 6.45) is -3.29. The number of rotatable bonds is 3. The number of hydrogen-bond acceptors (Lipinski definition) is 5. The molecule has 0 aliphatic heterocycles. The Morgan fingerprint density at radius 3 is 2.41 bits per heavy atom. The first-order valence-electron chi connectivity index (χ1n) is 3.72. The maximum Gasteiger partial charge on any atom is 0.365 e. The molecule has 11 heteroatoms. The van der Waals surface area contributed by atoms with Crippen molar-refractivity contribution in [2.45, 2.75) is 11.3 Å². The van der Waals surface area contributed by atoms with Crippen molar-refractivity contribution in [1.29, 1.82) is 0 Å². The molecule has 0 saturated heterocycles. The minimum atomic E-state index is -4.45. The third-order valence-electron chi connectivity index (χ3n) is 1.58. The second kappa shape index (κ2) is 4.94. The summed E-state index contributed by atoms with van der Waals surface area (Å²) in [5, 5.41) is 10.4. The quantitative estimate of drug-likeness (QED) is 0.338. The summed E-state index contributed by atoms with van der Waals surface area (Å²) in [6.45, 7) is 0. The van der Waals surface area contributed by atoms with Crippen LogP contribution in [0, 0.1) is 13.7 Å². The molecule has 0 saturated carbocycles. The Bertz CT molecular complexity index is 580. The molecule has 0 radical (unpaired) electrons. The highest BCUT2D eigenvalue weighted by atomic mass is 127. The fraction of sp³-hybridized carbons (Fsp3) is 0.167. The summed E-state index contributed by atoms with van der Waals surface area (Å²) >= 11 is 1.36. The maximum atomic E-state index is 12.6. The summed E-state index contributed by atoms with van der Waals surface area (Å²) in [5.41, 5.74) is -1.22. The molecular formula is C6H2ClF2IN2O4S. The van der Waals surface area contributed by atoms with Crippen LogP contribution in [-0.2, 0) is 9.05 Å². The number of nitro groups is 1. The predicted octanol–water partition coefficient (Wildman–Crippen LogP) is 2.46. The average Bonchev–Trinajstić information content (AvgIpc) is 2.13. The van der Waals surface area contributed by atoms with Crippen LogP contribution in [0.3, 0.4) is 0 Å². The highest BCUT2D eigenvalue weighted by molar-refractivity contribution is 14.1. The molecule has 0 unspecified atom stereocenters. The van der Waals surface area contributed by atoms with Crippen LogP contribution in [0.25, 0.3) is 0 Å². The van der Waals surface area contributed by atoms with Crippen molar-refractivity contribution < 1.29 is 22.1 Å². The molecule has 0 N–H and O–H groups in total. The van der Waals surface area contributed by atoms with E-state index in [9.17, 15) is 27.3 Å². The highest BCUT2D eigenvalue weighted by Crippen LogP contribution is 2.33. The van der Waals surface area contributed by atoms with E-state index in [0.29, 0.717) is 0 Å². The van der Waals surface area contributed by atoms with Crippen LogP contribution in [0.5, 0.6) is 0 Å². The van der Waals surface area contributed by atoms with Crippen molar-refractivity contribution in [2.24, 2.45) is 0 Å². The zero-order valence-corrected chi connectivity index (χ0v) is 11.3. The van der Waals surface area contributed by atoms with Crippen molar-refractivity contribution in [3.8, 4) is 0 Å². The SMILES string of the molecule is O=[N+]([O-])c1cc(I)c(S(=O)(=O)Cl)c(C(F)F)n1. The van der Waals surface area contributed by atoms with E-state index in [1.807, 2.05) is 0 Å². The van der Waals surface area contributed by atoms with Crippen LogP contribution in [0.1, 0.15) is 12.1 Å². The number of aromatic nitrogens is 1. The van der Waals surface area contributed by atoms with Crippen molar-refractivity contribution in [3.05, 3.63) is 25.4 Å². The van der Waals surface area contributed by atoms with E-state index in [-0.39, 0.29) is 3.57 Å². The lowest BCUT2D eigenvalue weighted by atomic mass is 10.3. The molecule has 6 nitrogen and oxygen atoms in total. The van der Waals surface area contributed by atoms with Crippen LogP contribution < -0.4 is 0 Å². The van der Waals surface area contributed by atoms with Crippen LogP contribution >= 0.6 is 33.3 Å². The van der Waals surface area contributed by atoms with Crippen molar-refractivity contribution >= 4 is 48.1 Å². The zero-order chi connectivity index (χ0) is 13.4. The summed E-state index contributed by atoms with van der Waals surface area (Å²) in [7, 11) is 0.517. The van der Waals surface area contributed by atoms with Gasteiger partial charge in [0.2, 0.25) is 5.69 Å². The van der Waals surface area contributed by atoms with Gasteiger partial charge in [-0.25, -0.2) is 17.2 Å².